The van der Waals surface area contributed by atoms with E-state index in [4.69, 9.17) is 4.74 Å². The average Bonchev–Trinajstić information content (AvgIpc) is 2.75. The van der Waals surface area contributed by atoms with E-state index in [1.54, 1.807) is 7.11 Å². The van der Waals surface area contributed by atoms with Crippen molar-refractivity contribution in [3.63, 3.8) is 0 Å². The summed E-state index contributed by atoms with van der Waals surface area (Å²) in [6.45, 7) is 4.03. The molecule has 2 aromatic rings. The summed E-state index contributed by atoms with van der Waals surface area (Å²) in [5.74, 6) is 0. The SMILES string of the molecule is COCCNCCNS(=O)(=O)c1c(C)n(C)c2ccccc12. The number of para-hydroxylation sites is 1. The third kappa shape index (κ3) is 3.49. The van der Waals surface area contributed by atoms with Gasteiger partial charge in [0.2, 0.25) is 10.0 Å². The molecule has 2 rings (SSSR count). The first-order valence-electron chi connectivity index (χ1n) is 7.22. The molecule has 1 aromatic heterocycles. The molecule has 1 aromatic carbocycles. The third-order valence-corrected chi connectivity index (χ3v) is 5.32. The summed E-state index contributed by atoms with van der Waals surface area (Å²) in [6, 6.07) is 7.53. The first-order valence-corrected chi connectivity index (χ1v) is 8.70. The quantitative estimate of drug-likeness (QED) is 0.710. The van der Waals surface area contributed by atoms with Crippen LogP contribution in [-0.2, 0) is 21.8 Å². The number of hydrogen-bond donors (Lipinski definition) is 2. The fourth-order valence-corrected chi connectivity index (χ4v) is 3.97. The smallest absolute Gasteiger partial charge is 0.243 e. The van der Waals surface area contributed by atoms with Gasteiger partial charge in [-0.2, -0.15) is 0 Å². The number of nitrogens with zero attached hydrogens (tertiary/aromatic N) is 1. The molecule has 0 bridgehead atoms. The van der Waals surface area contributed by atoms with Gasteiger partial charge in [-0.1, -0.05) is 18.2 Å². The van der Waals surface area contributed by atoms with Crippen molar-refractivity contribution in [3.8, 4) is 0 Å². The largest absolute Gasteiger partial charge is 0.383 e. The van der Waals surface area contributed by atoms with E-state index >= 15 is 0 Å². The van der Waals surface area contributed by atoms with Gasteiger partial charge in [0.15, 0.2) is 0 Å². The zero-order valence-electron chi connectivity index (χ0n) is 13.2. The highest BCUT2D eigenvalue weighted by atomic mass is 32.2. The monoisotopic (exact) mass is 325 g/mol. The van der Waals surface area contributed by atoms with Crippen molar-refractivity contribution in [1.29, 1.82) is 0 Å². The normalized spacial score (nSPS) is 12.1. The Morgan fingerprint density at radius 2 is 1.91 bits per heavy atom. The first kappa shape index (κ1) is 17.0. The summed E-state index contributed by atoms with van der Waals surface area (Å²) in [4.78, 5) is 0.363. The number of benzene rings is 1. The number of sulfonamides is 1. The molecule has 7 heteroatoms. The van der Waals surface area contributed by atoms with Crippen LogP contribution in [0.5, 0.6) is 0 Å². The number of aromatic nitrogens is 1. The lowest BCUT2D eigenvalue weighted by Gasteiger charge is -2.08. The summed E-state index contributed by atoms with van der Waals surface area (Å²) in [5.41, 5.74) is 1.65. The molecule has 1 heterocycles. The Bertz CT molecular complexity index is 738. The minimum absolute atomic E-state index is 0.342. The molecule has 122 valence electrons. The van der Waals surface area contributed by atoms with E-state index in [1.165, 1.54) is 0 Å². The van der Waals surface area contributed by atoms with Gasteiger partial charge in [0.1, 0.15) is 4.90 Å². The Morgan fingerprint density at radius 3 is 2.64 bits per heavy atom. The third-order valence-electron chi connectivity index (χ3n) is 3.69. The van der Waals surface area contributed by atoms with Crippen molar-refractivity contribution in [3.05, 3.63) is 30.0 Å². The number of rotatable bonds is 8. The van der Waals surface area contributed by atoms with Crippen molar-refractivity contribution in [2.75, 3.05) is 33.4 Å². The maximum absolute atomic E-state index is 12.6. The van der Waals surface area contributed by atoms with E-state index < -0.39 is 10.0 Å². The summed E-state index contributed by atoms with van der Waals surface area (Å²) in [5, 5.41) is 3.86. The highest BCUT2D eigenvalue weighted by molar-refractivity contribution is 7.89. The van der Waals surface area contributed by atoms with Crippen molar-refractivity contribution in [2.45, 2.75) is 11.8 Å². The average molecular weight is 325 g/mol. The van der Waals surface area contributed by atoms with Crippen molar-refractivity contribution < 1.29 is 13.2 Å². The number of ether oxygens (including phenoxy) is 1. The van der Waals surface area contributed by atoms with Crippen LogP contribution in [0.3, 0.4) is 0 Å². The number of hydrogen-bond acceptors (Lipinski definition) is 4. The van der Waals surface area contributed by atoms with E-state index in [0.717, 1.165) is 16.6 Å². The van der Waals surface area contributed by atoms with Crippen LogP contribution in [0.15, 0.2) is 29.2 Å². The molecule has 0 atom stereocenters. The Labute approximate surface area is 131 Å². The van der Waals surface area contributed by atoms with Gasteiger partial charge in [-0.15, -0.1) is 0 Å². The van der Waals surface area contributed by atoms with E-state index in [2.05, 4.69) is 10.0 Å². The van der Waals surface area contributed by atoms with Crippen LogP contribution in [0.1, 0.15) is 5.69 Å². The molecule has 0 aliphatic carbocycles. The topological polar surface area (TPSA) is 72.4 Å². The molecule has 0 spiro atoms. The fourth-order valence-electron chi connectivity index (χ4n) is 2.47. The second-order valence-electron chi connectivity index (χ2n) is 5.13. The van der Waals surface area contributed by atoms with Crippen molar-refractivity contribution in [1.82, 2.24) is 14.6 Å². The van der Waals surface area contributed by atoms with Gasteiger partial charge >= 0.3 is 0 Å². The predicted octanol–water partition coefficient (Wildman–Crippen LogP) is 1.00. The van der Waals surface area contributed by atoms with Gasteiger partial charge in [-0.25, -0.2) is 13.1 Å². The van der Waals surface area contributed by atoms with Gasteiger partial charge in [0, 0.05) is 50.4 Å². The van der Waals surface area contributed by atoms with Crippen LogP contribution >= 0.6 is 0 Å². The van der Waals surface area contributed by atoms with Crippen LogP contribution < -0.4 is 10.0 Å². The second kappa shape index (κ2) is 7.23. The molecular weight excluding hydrogens is 302 g/mol. The Kier molecular flexibility index (Phi) is 5.57. The van der Waals surface area contributed by atoms with E-state index in [9.17, 15) is 8.42 Å². The van der Waals surface area contributed by atoms with Crippen LogP contribution in [-0.4, -0.2) is 46.3 Å². The molecule has 2 N–H and O–H groups in total. The molecule has 22 heavy (non-hydrogen) atoms. The van der Waals surface area contributed by atoms with Crippen molar-refractivity contribution >= 4 is 20.9 Å². The van der Waals surface area contributed by atoms with Gasteiger partial charge in [-0.3, -0.25) is 0 Å². The molecular formula is C15H23N3O3S. The number of methoxy groups -OCH3 is 1. The zero-order chi connectivity index (χ0) is 16.2. The van der Waals surface area contributed by atoms with E-state index in [-0.39, 0.29) is 0 Å². The van der Waals surface area contributed by atoms with Crippen LogP contribution in [0.4, 0.5) is 0 Å². The first-order chi connectivity index (χ1) is 10.5. The summed E-state index contributed by atoms with van der Waals surface area (Å²) < 4.78 is 34.7. The summed E-state index contributed by atoms with van der Waals surface area (Å²) in [6.07, 6.45) is 0. The highest BCUT2D eigenvalue weighted by Crippen LogP contribution is 2.28. The molecule has 0 amide bonds. The van der Waals surface area contributed by atoms with Gasteiger partial charge < -0.3 is 14.6 Å². The fraction of sp³-hybridized carbons (Fsp3) is 0.467. The molecule has 0 fully saturated rings. The second-order valence-corrected chi connectivity index (χ2v) is 6.84. The van der Waals surface area contributed by atoms with E-state index in [1.807, 2.05) is 42.8 Å². The molecule has 0 saturated carbocycles. The molecule has 0 aliphatic rings. The Hall–Kier alpha value is -1.41. The predicted molar refractivity (Wildman–Crippen MR) is 87.6 cm³/mol. The van der Waals surface area contributed by atoms with Crippen LogP contribution in [0, 0.1) is 6.92 Å². The van der Waals surface area contributed by atoms with Gasteiger partial charge in [0.25, 0.3) is 0 Å². The standard InChI is InChI=1S/C15H23N3O3S/c1-12-15(13-6-4-5-7-14(13)18(12)2)22(19,20)17-9-8-16-10-11-21-3/h4-7,16-17H,8-11H2,1-3H3. The molecule has 0 unspecified atom stereocenters. The van der Waals surface area contributed by atoms with Gasteiger partial charge in [0.05, 0.1) is 6.61 Å². The van der Waals surface area contributed by atoms with Gasteiger partial charge in [-0.05, 0) is 13.0 Å². The molecule has 0 saturated heterocycles. The molecule has 0 radical (unpaired) electrons. The zero-order valence-corrected chi connectivity index (χ0v) is 14.0. The Balaban J connectivity index is 2.15. The lowest BCUT2D eigenvalue weighted by Crippen LogP contribution is -2.33. The van der Waals surface area contributed by atoms with E-state index in [0.29, 0.717) is 31.1 Å². The molecule has 6 nitrogen and oxygen atoms in total. The van der Waals surface area contributed by atoms with Crippen molar-refractivity contribution in [2.24, 2.45) is 7.05 Å². The summed E-state index contributed by atoms with van der Waals surface area (Å²) in [7, 11) is -0.0210. The molecule has 0 aliphatic heterocycles. The summed E-state index contributed by atoms with van der Waals surface area (Å²) >= 11 is 0. The van der Waals surface area contributed by atoms with Crippen LogP contribution in [0.2, 0.25) is 0 Å². The number of aryl methyl sites for hydroxylation is 1. The Morgan fingerprint density at radius 1 is 1.18 bits per heavy atom. The van der Waals surface area contributed by atoms with Crippen LogP contribution in [0.25, 0.3) is 10.9 Å². The highest BCUT2D eigenvalue weighted by Gasteiger charge is 2.23. The minimum Gasteiger partial charge on any atom is -0.383 e. The maximum Gasteiger partial charge on any atom is 0.243 e. The number of fused-ring (bicyclic) bond motifs is 1. The lowest BCUT2D eigenvalue weighted by molar-refractivity contribution is 0.199. The lowest BCUT2D eigenvalue weighted by atomic mass is 10.2. The number of nitrogens with one attached hydrogen (secondary N) is 2. The maximum atomic E-state index is 12.6. The minimum atomic E-state index is -3.53.